The Labute approximate surface area is 125 Å². The van der Waals surface area contributed by atoms with Gasteiger partial charge in [0.25, 0.3) is 0 Å². The van der Waals surface area contributed by atoms with Gasteiger partial charge in [-0.05, 0) is 25.6 Å². The van der Waals surface area contributed by atoms with Crippen LogP contribution in [0, 0.1) is 11.6 Å². The van der Waals surface area contributed by atoms with Crippen molar-refractivity contribution in [3.05, 3.63) is 29.3 Å². The molecule has 0 aromatic heterocycles. The van der Waals surface area contributed by atoms with Gasteiger partial charge in [0.2, 0.25) is 10.0 Å². The summed E-state index contributed by atoms with van der Waals surface area (Å²) >= 11 is 0. The van der Waals surface area contributed by atoms with Gasteiger partial charge in [0.15, 0.2) is 5.82 Å². The molecule has 0 aliphatic carbocycles. The molecule has 0 saturated carbocycles. The molecule has 1 aromatic rings. The van der Waals surface area contributed by atoms with Gasteiger partial charge in [-0.2, -0.15) is 4.31 Å². The lowest BCUT2D eigenvalue weighted by atomic mass is 10.2. The largest absolute Gasteiger partial charge is 0.315 e. The van der Waals surface area contributed by atoms with Crippen LogP contribution in [-0.4, -0.2) is 32.9 Å². The average Bonchev–Trinajstić information content (AvgIpc) is 2.43. The van der Waals surface area contributed by atoms with E-state index in [0.717, 1.165) is 18.6 Å². The van der Waals surface area contributed by atoms with Crippen molar-refractivity contribution < 1.29 is 17.2 Å². The van der Waals surface area contributed by atoms with Crippen molar-refractivity contribution in [1.82, 2.24) is 9.62 Å². The standard InChI is InChI=1S/C14H22F2N2O2S/c1-4-6-9-18(5-2)21(19,20)13-8-7-12(15)11(10-17-3)14(13)16/h7-8,17H,4-6,9-10H2,1-3H3. The topological polar surface area (TPSA) is 49.4 Å². The SMILES string of the molecule is CCCCN(CC)S(=O)(=O)c1ccc(F)c(CNC)c1F. The Kier molecular flexibility index (Phi) is 6.70. The minimum atomic E-state index is -3.95. The number of sulfonamides is 1. The number of hydrogen-bond acceptors (Lipinski definition) is 3. The Morgan fingerprint density at radius 2 is 1.90 bits per heavy atom. The second kappa shape index (κ2) is 7.82. The summed E-state index contributed by atoms with van der Waals surface area (Å²) in [6.45, 7) is 4.16. The van der Waals surface area contributed by atoms with E-state index in [9.17, 15) is 17.2 Å². The maximum Gasteiger partial charge on any atom is 0.245 e. The summed E-state index contributed by atoms with van der Waals surface area (Å²) < 4.78 is 54.2. The van der Waals surface area contributed by atoms with Gasteiger partial charge in [0.05, 0.1) is 0 Å². The highest BCUT2D eigenvalue weighted by atomic mass is 32.2. The highest BCUT2D eigenvalue weighted by Gasteiger charge is 2.28. The second-order valence-corrected chi connectivity index (χ2v) is 6.63. The Balaban J connectivity index is 3.27. The van der Waals surface area contributed by atoms with Crippen LogP contribution in [0.2, 0.25) is 0 Å². The molecular weight excluding hydrogens is 298 g/mol. The number of nitrogens with one attached hydrogen (secondary N) is 1. The van der Waals surface area contributed by atoms with Gasteiger partial charge in [0, 0.05) is 25.2 Å². The Morgan fingerprint density at radius 3 is 2.43 bits per heavy atom. The predicted octanol–water partition coefficient (Wildman–Crippen LogP) is 2.49. The molecule has 4 nitrogen and oxygen atoms in total. The molecule has 0 radical (unpaired) electrons. The molecule has 0 atom stereocenters. The molecule has 0 bridgehead atoms. The third-order valence-electron chi connectivity index (χ3n) is 3.24. The smallest absolute Gasteiger partial charge is 0.245 e. The van der Waals surface area contributed by atoms with Gasteiger partial charge in [-0.3, -0.25) is 0 Å². The van der Waals surface area contributed by atoms with Crippen molar-refractivity contribution in [3.8, 4) is 0 Å². The van der Waals surface area contributed by atoms with E-state index in [2.05, 4.69) is 5.32 Å². The maximum atomic E-state index is 14.3. The average molecular weight is 320 g/mol. The van der Waals surface area contributed by atoms with Crippen LogP contribution in [0.15, 0.2) is 17.0 Å². The number of hydrogen-bond donors (Lipinski definition) is 1. The van der Waals surface area contributed by atoms with Crippen LogP contribution in [0.1, 0.15) is 32.3 Å². The number of rotatable bonds is 8. The first-order valence-corrected chi connectivity index (χ1v) is 8.45. The third kappa shape index (κ3) is 3.99. The summed E-state index contributed by atoms with van der Waals surface area (Å²) in [5.74, 6) is -1.77. The van der Waals surface area contributed by atoms with E-state index < -0.39 is 26.6 Å². The predicted molar refractivity (Wildman–Crippen MR) is 78.5 cm³/mol. The monoisotopic (exact) mass is 320 g/mol. The molecule has 0 spiro atoms. The number of unbranched alkanes of at least 4 members (excludes halogenated alkanes) is 1. The normalized spacial score (nSPS) is 12.1. The lowest BCUT2D eigenvalue weighted by molar-refractivity contribution is 0.413. The Morgan fingerprint density at radius 1 is 1.24 bits per heavy atom. The molecule has 21 heavy (non-hydrogen) atoms. The van der Waals surface area contributed by atoms with Gasteiger partial charge in [-0.15, -0.1) is 0 Å². The summed E-state index contributed by atoms with van der Waals surface area (Å²) in [7, 11) is -2.41. The molecule has 1 rings (SSSR count). The van der Waals surface area contributed by atoms with Crippen LogP contribution in [0.3, 0.4) is 0 Å². The first-order chi connectivity index (χ1) is 9.89. The van der Waals surface area contributed by atoms with Gasteiger partial charge in [-0.1, -0.05) is 20.3 Å². The lowest BCUT2D eigenvalue weighted by Crippen LogP contribution is -2.32. The van der Waals surface area contributed by atoms with Crippen LogP contribution in [0.4, 0.5) is 8.78 Å². The minimum absolute atomic E-state index is 0.0673. The van der Waals surface area contributed by atoms with Gasteiger partial charge < -0.3 is 5.32 Å². The van der Waals surface area contributed by atoms with Gasteiger partial charge in [0.1, 0.15) is 10.7 Å². The summed E-state index contributed by atoms with van der Waals surface area (Å²) in [5.41, 5.74) is -0.259. The van der Waals surface area contributed by atoms with E-state index in [1.54, 1.807) is 14.0 Å². The van der Waals surface area contributed by atoms with Crippen molar-refractivity contribution in [2.75, 3.05) is 20.1 Å². The van der Waals surface area contributed by atoms with E-state index in [0.29, 0.717) is 13.0 Å². The molecule has 1 aromatic carbocycles. The van der Waals surface area contributed by atoms with E-state index in [1.165, 1.54) is 4.31 Å². The molecule has 0 amide bonds. The quantitative estimate of drug-likeness (QED) is 0.800. The van der Waals surface area contributed by atoms with E-state index >= 15 is 0 Å². The van der Waals surface area contributed by atoms with E-state index in [-0.39, 0.29) is 18.7 Å². The van der Waals surface area contributed by atoms with Crippen LogP contribution < -0.4 is 5.32 Å². The van der Waals surface area contributed by atoms with Crippen LogP contribution in [0.5, 0.6) is 0 Å². The second-order valence-electron chi connectivity index (χ2n) is 4.72. The fraction of sp³-hybridized carbons (Fsp3) is 0.571. The first-order valence-electron chi connectivity index (χ1n) is 7.01. The molecule has 0 aliphatic heterocycles. The molecule has 0 heterocycles. The zero-order valence-corrected chi connectivity index (χ0v) is 13.4. The fourth-order valence-corrected chi connectivity index (χ4v) is 3.61. The molecule has 0 unspecified atom stereocenters. The van der Waals surface area contributed by atoms with Crippen LogP contribution in [-0.2, 0) is 16.6 Å². The summed E-state index contributed by atoms with van der Waals surface area (Å²) in [6, 6.07) is 1.99. The zero-order valence-electron chi connectivity index (χ0n) is 12.6. The Bertz CT molecular complexity index is 577. The summed E-state index contributed by atoms with van der Waals surface area (Å²) in [5, 5.41) is 2.63. The fourth-order valence-electron chi connectivity index (χ4n) is 2.04. The number of halogens is 2. The van der Waals surface area contributed by atoms with Crippen LogP contribution >= 0.6 is 0 Å². The number of nitrogens with zero attached hydrogens (tertiary/aromatic N) is 1. The molecule has 0 aliphatic rings. The minimum Gasteiger partial charge on any atom is -0.315 e. The van der Waals surface area contributed by atoms with Crippen molar-refractivity contribution in [2.45, 2.75) is 38.1 Å². The molecule has 0 saturated heterocycles. The van der Waals surface area contributed by atoms with Crippen molar-refractivity contribution in [3.63, 3.8) is 0 Å². The molecule has 1 N–H and O–H groups in total. The van der Waals surface area contributed by atoms with E-state index in [1.807, 2.05) is 6.92 Å². The molecular formula is C14H22F2N2O2S. The highest BCUT2D eigenvalue weighted by Crippen LogP contribution is 2.24. The van der Waals surface area contributed by atoms with Gasteiger partial charge >= 0.3 is 0 Å². The Hall–Kier alpha value is -1.05. The van der Waals surface area contributed by atoms with Crippen molar-refractivity contribution in [1.29, 1.82) is 0 Å². The number of benzene rings is 1. The molecule has 7 heteroatoms. The summed E-state index contributed by atoms with van der Waals surface area (Å²) in [6.07, 6.45) is 1.53. The zero-order chi connectivity index (χ0) is 16.0. The first kappa shape index (κ1) is 18.0. The molecule has 120 valence electrons. The highest BCUT2D eigenvalue weighted by molar-refractivity contribution is 7.89. The van der Waals surface area contributed by atoms with Crippen molar-refractivity contribution in [2.24, 2.45) is 0 Å². The lowest BCUT2D eigenvalue weighted by Gasteiger charge is -2.21. The third-order valence-corrected chi connectivity index (χ3v) is 5.23. The molecule has 0 fully saturated rings. The van der Waals surface area contributed by atoms with Crippen LogP contribution in [0.25, 0.3) is 0 Å². The van der Waals surface area contributed by atoms with E-state index in [4.69, 9.17) is 0 Å². The maximum absolute atomic E-state index is 14.3. The van der Waals surface area contributed by atoms with Gasteiger partial charge in [-0.25, -0.2) is 17.2 Å². The summed E-state index contributed by atoms with van der Waals surface area (Å²) in [4.78, 5) is -0.466. The van der Waals surface area contributed by atoms with Crippen molar-refractivity contribution >= 4 is 10.0 Å².